The molecule has 2 N–H and O–H groups in total. The van der Waals surface area contributed by atoms with Crippen LogP contribution in [0.1, 0.15) is 50.3 Å². The average Bonchev–Trinajstić information content (AvgIpc) is 2.68. The fourth-order valence-electron chi connectivity index (χ4n) is 2.86. The van der Waals surface area contributed by atoms with E-state index in [1.54, 1.807) is 4.52 Å². The van der Waals surface area contributed by atoms with Crippen LogP contribution < -0.4 is 5.73 Å². The number of fused-ring (bicyclic) bond motifs is 1. The zero-order valence-electron chi connectivity index (χ0n) is 11.3. The Balaban J connectivity index is 2.09. The lowest BCUT2D eigenvalue weighted by molar-refractivity contribution is 0.123. The summed E-state index contributed by atoms with van der Waals surface area (Å²) >= 11 is 0. The van der Waals surface area contributed by atoms with Crippen molar-refractivity contribution in [3.8, 4) is 0 Å². The smallest absolute Gasteiger partial charge is 0.160 e. The Morgan fingerprint density at radius 3 is 2.78 bits per heavy atom. The Morgan fingerprint density at radius 2 is 2.17 bits per heavy atom. The Labute approximate surface area is 107 Å². The highest BCUT2D eigenvalue weighted by Crippen LogP contribution is 2.50. The molecule has 1 fully saturated rings. The van der Waals surface area contributed by atoms with Gasteiger partial charge in [-0.3, -0.25) is 0 Å². The van der Waals surface area contributed by atoms with Gasteiger partial charge >= 0.3 is 0 Å². The maximum atomic E-state index is 6.07. The summed E-state index contributed by atoms with van der Waals surface area (Å²) in [5.41, 5.74) is 9.54. The SMILES string of the molecule is Cc1cnn2c(N)cc([C@@H](C)C3(C)CCC3)nc12. The first kappa shape index (κ1) is 11.5. The molecule has 0 aliphatic heterocycles. The van der Waals surface area contributed by atoms with Gasteiger partial charge in [-0.25, -0.2) is 4.98 Å². The van der Waals surface area contributed by atoms with Crippen molar-refractivity contribution in [2.24, 2.45) is 5.41 Å². The van der Waals surface area contributed by atoms with E-state index in [9.17, 15) is 0 Å². The number of nitrogens with zero attached hydrogens (tertiary/aromatic N) is 3. The highest BCUT2D eigenvalue weighted by atomic mass is 15.3. The van der Waals surface area contributed by atoms with Crippen LogP contribution in [0.4, 0.5) is 5.82 Å². The van der Waals surface area contributed by atoms with Crippen LogP contribution in [0.5, 0.6) is 0 Å². The van der Waals surface area contributed by atoms with Crippen molar-refractivity contribution >= 4 is 11.5 Å². The van der Waals surface area contributed by atoms with Crippen molar-refractivity contribution in [1.82, 2.24) is 14.6 Å². The van der Waals surface area contributed by atoms with E-state index in [4.69, 9.17) is 10.7 Å². The first-order valence-corrected chi connectivity index (χ1v) is 6.62. The van der Waals surface area contributed by atoms with Gasteiger partial charge in [0.05, 0.1) is 6.20 Å². The van der Waals surface area contributed by atoms with Gasteiger partial charge in [0.15, 0.2) is 5.65 Å². The largest absolute Gasteiger partial charge is 0.384 e. The van der Waals surface area contributed by atoms with E-state index in [0.717, 1.165) is 16.9 Å². The van der Waals surface area contributed by atoms with Gasteiger partial charge in [-0.05, 0) is 25.2 Å². The molecule has 4 heteroatoms. The summed E-state index contributed by atoms with van der Waals surface area (Å²) < 4.78 is 1.72. The highest BCUT2D eigenvalue weighted by Gasteiger charge is 2.38. The van der Waals surface area contributed by atoms with Gasteiger partial charge in [0.1, 0.15) is 5.82 Å². The second kappa shape index (κ2) is 3.70. The summed E-state index contributed by atoms with van der Waals surface area (Å²) in [7, 11) is 0. The van der Waals surface area contributed by atoms with E-state index in [1.807, 2.05) is 19.2 Å². The number of anilines is 1. The monoisotopic (exact) mass is 244 g/mol. The van der Waals surface area contributed by atoms with Crippen LogP contribution in [-0.2, 0) is 0 Å². The third kappa shape index (κ3) is 1.51. The summed E-state index contributed by atoms with van der Waals surface area (Å²) in [6.07, 6.45) is 5.74. The van der Waals surface area contributed by atoms with Crippen molar-refractivity contribution in [3.05, 3.63) is 23.5 Å². The van der Waals surface area contributed by atoms with E-state index in [0.29, 0.717) is 17.2 Å². The van der Waals surface area contributed by atoms with E-state index in [1.165, 1.54) is 19.3 Å². The second-order valence-electron chi connectivity index (χ2n) is 5.90. The van der Waals surface area contributed by atoms with E-state index in [2.05, 4.69) is 18.9 Å². The van der Waals surface area contributed by atoms with Crippen LogP contribution in [0.3, 0.4) is 0 Å². The molecule has 2 aromatic rings. The highest BCUT2D eigenvalue weighted by molar-refractivity contribution is 5.52. The molecule has 1 aliphatic rings. The minimum Gasteiger partial charge on any atom is -0.384 e. The molecule has 18 heavy (non-hydrogen) atoms. The van der Waals surface area contributed by atoms with E-state index >= 15 is 0 Å². The predicted molar refractivity (Wildman–Crippen MR) is 72.5 cm³/mol. The number of aryl methyl sites for hydroxylation is 1. The summed E-state index contributed by atoms with van der Waals surface area (Å²) in [5, 5.41) is 4.24. The number of hydrogen-bond donors (Lipinski definition) is 1. The second-order valence-corrected chi connectivity index (χ2v) is 5.90. The van der Waals surface area contributed by atoms with Gasteiger partial charge in [-0.15, -0.1) is 0 Å². The topological polar surface area (TPSA) is 56.2 Å². The molecule has 4 nitrogen and oxygen atoms in total. The molecule has 0 bridgehead atoms. The van der Waals surface area contributed by atoms with Crippen molar-refractivity contribution < 1.29 is 0 Å². The Morgan fingerprint density at radius 1 is 1.44 bits per heavy atom. The fourth-order valence-corrected chi connectivity index (χ4v) is 2.86. The molecule has 1 saturated carbocycles. The first-order chi connectivity index (χ1) is 8.51. The molecule has 0 amide bonds. The molecular formula is C14H20N4. The van der Waals surface area contributed by atoms with Crippen molar-refractivity contribution in [2.75, 3.05) is 5.73 Å². The maximum absolute atomic E-state index is 6.07. The van der Waals surface area contributed by atoms with Gasteiger partial charge in [0.2, 0.25) is 0 Å². The maximum Gasteiger partial charge on any atom is 0.160 e. The molecular weight excluding hydrogens is 224 g/mol. The predicted octanol–water partition coefficient (Wildman–Crippen LogP) is 2.91. The van der Waals surface area contributed by atoms with Crippen LogP contribution in [0.25, 0.3) is 5.65 Å². The van der Waals surface area contributed by atoms with Crippen LogP contribution in [0, 0.1) is 12.3 Å². The van der Waals surface area contributed by atoms with Gasteiger partial charge in [0.25, 0.3) is 0 Å². The molecule has 0 spiro atoms. The molecule has 0 saturated heterocycles. The van der Waals surface area contributed by atoms with Crippen LogP contribution >= 0.6 is 0 Å². The number of nitrogen functional groups attached to an aromatic ring is 1. The minimum absolute atomic E-state index is 0.395. The molecule has 96 valence electrons. The molecule has 1 aliphatic carbocycles. The summed E-state index contributed by atoms with van der Waals surface area (Å²) in [4.78, 5) is 4.76. The lowest BCUT2D eigenvalue weighted by atomic mass is 9.62. The minimum atomic E-state index is 0.395. The molecule has 0 unspecified atom stereocenters. The average molecular weight is 244 g/mol. The van der Waals surface area contributed by atoms with Crippen LogP contribution in [0.2, 0.25) is 0 Å². The zero-order chi connectivity index (χ0) is 12.9. The van der Waals surface area contributed by atoms with E-state index in [-0.39, 0.29) is 0 Å². The van der Waals surface area contributed by atoms with Gasteiger partial charge in [0, 0.05) is 23.2 Å². The number of nitrogens with two attached hydrogens (primary N) is 1. The Bertz CT molecular complexity index is 595. The molecule has 1 atom stereocenters. The van der Waals surface area contributed by atoms with Crippen molar-refractivity contribution in [3.63, 3.8) is 0 Å². The van der Waals surface area contributed by atoms with Crippen LogP contribution in [0.15, 0.2) is 12.3 Å². The summed E-state index contributed by atoms with van der Waals surface area (Å²) in [6, 6.07) is 1.98. The van der Waals surface area contributed by atoms with Gasteiger partial charge in [-0.2, -0.15) is 9.61 Å². The lowest BCUT2D eigenvalue weighted by Gasteiger charge is -2.43. The third-order valence-corrected chi connectivity index (χ3v) is 4.68. The third-order valence-electron chi connectivity index (χ3n) is 4.68. The normalized spacial score (nSPS) is 19.7. The van der Waals surface area contributed by atoms with Gasteiger partial charge < -0.3 is 5.73 Å². The molecule has 3 rings (SSSR count). The Kier molecular flexibility index (Phi) is 2.37. The standard InChI is InChI=1S/C14H20N4/c1-9-8-16-18-12(15)7-11(17-13(9)18)10(2)14(3)5-4-6-14/h7-8,10H,4-6,15H2,1-3H3/t10-/m1/s1. The molecule has 2 heterocycles. The number of aromatic nitrogens is 3. The first-order valence-electron chi connectivity index (χ1n) is 6.62. The van der Waals surface area contributed by atoms with Crippen molar-refractivity contribution in [2.45, 2.75) is 46.0 Å². The lowest BCUT2D eigenvalue weighted by Crippen LogP contribution is -2.32. The van der Waals surface area contributed by atoms with Crippen molar-refractivity contribution in [1.29, 1.82) is 0 Å². The van der Waals surface area contributed by atoms with Gasteiger partial charge in [-0.1, -0.05) is 20.3 Å². The molecule has 2 aromatic heterocycles. The Hall–Kier alpha value is -1.58. The fraction of sp³-hybridized carbons (Fsp3) is 0.571. The summed E-state index contributed by atoms with van der Waals surface area (Å²) in [5.74, 6) is 1.13. The summed E-state index contributed by atoms with van der Waals surface area (Å²) in [6.45, 7) is 6.64. The number of hydrogen-bond acceptors (Lipinski definition) is 3. The molecule has 0 radical (unpaired) electrons. The number of rotatable bonds is 2. The molecule has 0 aromatic carbocycles. The quantitative estimate of drug-likeness (QED) is 0.883. The zero-order valence-corrected chi connectivity index (χ0v) is 11.3. The van der Waals surface area contributed by atoms with Crippen LogP contribution in [-0.4, -0.2) is 14.6 Å². The van der Waals surface area contributed by atoms with E-state index < -0.39 is 0 Å².